The fraction of sp³-hybridized carbons (Fsp3) is 0.933. The largest absolute Gasteiger partial charge is 0.394 e. The Hall–Kier alpha value is -1.73. The second kappa shape index (κ2) is 57.0. The molecule has 17 atom stereocenters. The molecule has 12 N–H and O–H groups in total. The number of carbonyl (C=O) groups is 1. The molecular weight excluding hydrogens is 1200 g/mol. The summed E-state index contributed by atoms with van der Waals surface area (Å²) in [5.74, 6) is -0.273. The Bertz CT molecular complexity index is 1800. The first-order chi connectivity index (χ1) is 45.8. The number of ether oxygens (including phenoxy) is 6. The van der Waals surface area contributed by atoms with Gasteiger partial charge in [0.1, 0.15) is 73.2 Å². The Labute approximate surface area is 568 Å². The van der Waals surface area contributed by atoms with Crippen molar-refractivity contribution < 1.29 is 89.4 Å². The van der Waals surface area contributed by atoms with Crippen LogP contribution in [0.1, 0.15) is 316 Å². The van der Waals surface area contributed by atoms with Crippen LogP contribution in [0.4, 0.5) is 0 Å². The van der Waals surface area contributed by atoms with Gasteiger partial charge in [-0.15, -0.1) is 0 Å². The van der Waals surface area contributed by atoms with Crippen LogP contribution in [0.3, 0.4) is 0 Å². The maximum Gasteiger partial charge on any atom is 0.220 e. The van der Waals surface area contributed by atoms with Gasteiger partial charge < -0.3 is 89.9 Å². The lowest BCUT2D eigenvalue weighted by Crippen LogP contribution is -2.66. The Morgan fingerprint density at radius 3 is 1.03 bits per heavy atom. The molecule has 0 aromatic rings. The van der Waals surface area contributed by atoms with Crippen molar-refractivity contribution in [2.75, 3.05) is 26.4 Å². The van der Waals surface area contributed by atoms with E-state index in [0.717, 1.165) is 51.4 Å². The SMILES string of the molecule is CCCCCCCC/C=C\CCCCCCCCCCCC(=O)NC(COC1OC(CO)C(OC2OC(CO)C(OC3OC(CO)C(O)C(O)C3O)C(O)C2O)C(O)C1O)C(O)/C=C/CCCCCCCCCCCCCCCCCCCCCCCCCCCCCC. The van der Waals surface area contributed by atoms with Crippen molar-refractivity contribution in [2.24, 2.45) is 0 Å². The predicted molar refractivity (Wildman–Crippen MR) is 370 cm³/mol. The molecule has 3 rings (SSSR count). The molecule has 0 bridgehead atoms. The third-order valence-corrected chi connectivity index (χ3v) is 19.5. The van der Waals surface area contributed by atoms with Gasteiger partial charge in [0, 0.05) is 6.42 Å². The fourth-order valence-electron chi connectivity index (χ4n) is 13.2. The number of carbonyl (C=O) groups excluding carboxylic acids is 1. The van der Waals surface area contributed by atoms with Crippen LogP contribution in [0.2, 0.25) is 0 Å². The average molecular weight is 1340 g/mol. The molecule has 0 aromatic carbocycles. The number of rotatable bonds is 61. The van der Waals surface area contributed by atoms with Crippen molar-refractivity contribution in [3.8, 4) is 0 Å². The molecule has 0 spiro atoms. The number of aliphatic hydroxyl groups is 11. The van der Waals surface area contributed by atoms with Crippen molar-refractivity contribution in [1.82, 2.24) is 5.32 Å². The first-order valence-corrected chi connectivity index (χ1v) is 38.6. The quantitative estimate of drug-likeness (QED) is 0.0199. The molecule has 3 heterocycles. The molecule has 3 aliphatic rings. The van der Waals surface area contributed by atoms with Gasteiger partial charge in [-0.3, -0.25) is 4.79 Å². The van der Waals surface area contributed by atoms with Gasteiger partial charge in [-0.25, -0.2) is 0 Å². The van der Waals surface area contributed by atoms with Crippen LogP contribution < -0.4 is 5.32 Å². The summed E-state index contributed by atoms with van der Waals surface area (Å²) >= 11 is 0. The van der Waals surface area contributed by atoms with Crippen molar-refractivity contribution in [3.05, 3.63) is 24.3 Å². The smallest absolute Gasteiger partial charge is 0.220 e. The fourth-order valence-corrected chi connectivity index (χ4v) is 13.2. The first kappa shape index (κ1) is 86.5. The lowest BCUT2D eigenvalue weighted by atomic mass is 9.96. The van der Waals surface area contributed by atoms with Crippen LogP contribution in [0.5, 0.6) is 0 Å². The minimum absolute atomic E-state index is 0.243. The van der Waals surface area contributed by atoms with Gasteiger partial charge in [0.15, 0.2) is 18.9 Å². The molecule has 94 heavy (non-hydrogen) atoms. The highest BCUT2D eigenvalue weighted by Gasteiger charge is 2.53. The second-order valence-electron chi connectivity index (χ2n) is 27.8. The van der Waals surface area contributed by atoms with Crippen molar-refractivity contribution in [3.63, 3.8) is 0 Å². The number of aliphatic hydroxyl groups excluding tert-OH is 11. The standard InChI is InChI=1S/C75H141NO18/c1-3-5-7-9-11-13-15-17-19-21-23-24-25-26-27-28-29-30-31-32-33-35-36-38-40-42-44-46-48-50-52-59(80)58(76-63(81)53-51-49-47-45-43-41-39-37-34-22-20-18-16-14-12-10-8-6-4-2)57-89-73-69(87)66(84)71(61(55-78)91-73)94-75-70(88)67(85)72(62(56-79)92-75)93-74-68(86)65(83)64(82)60(54-77)90-74/h18,20,50,52,58-62,64-75,77-80,82-88H,3-17,19,21-49,51,53-57H2,1-2H3,(H,76,81)/b20-18-,52-50+. The van der Waals surface area contributed by atoms with Gasteiger partial charge >= 0.3 is 0 Å². The third kappa shape index (κ3) is 37.6. The van der Waals surface area contributed by atoms with Gasteiger partial charge in [-0.05, 0) is 44.9 Å². The summed E-state index contributed by atoms with van der Waals surface area (Å²) in [4.78, 5) is 13.4. The van der Waals surface area contributed by atoms with E-state index < -0.39 is 124 Å². The first-order valence-electron chi connectivity index (χ1n) is 38.6. The summed E-state index contributed by atoms with van der Waals surface area (Å²) in [5.41, 5.74) is 0. The second-order valence-corrected chi connectivity index (χ2v) is 27.8. The van der Waals surface area contributed by atoms with E-state index in [1.165, 1.54) is 238 Å². The van der Waals surface area contributed by atoms with Crippen LogP contribution in [-0.4, -0.2) is 193 Å². The predicted octanol–water partition coefficient (Wildman–Crippen LogP) is 11.8. The Kier molecular flexibility index (Phi) is 52.4. The molecule has 3 fully saturated rings. The molecule has 3 aliphatic heterocycles. The van der Waals surface area contributed by atoms with Crippen molar-refractivity contribution in [1.29, 1.82) is 0 Å². The summed E-state index contributed by atoms with van der Waals surface area (Å²) < 4.78 is 34.4. The van der Waals surface area contributed by atoms with E-state index in [1.54, 1.807) is 6.08 Å². The van der Waals surface area contributed by atoms with Gasteiger partial charge in [0.2, 0.25) is 5.91 Å². The molecule has 19 nitrogen and oxygen atoms in total. The average Bonchev–Trinajstić information content (AvgIpc) is 0.787. The molecule has 0 radical (unpaired) electrons. The van der Waals surface area contributed by atoms with Gasteiger partial charge in [-0.1, -0.05) is 289 Å². The lowest BCUT2D eigenvalue weighted by Gasteiger charge is -2.48. The zero-order valence-corrected chi connectivity index (χ0v) is 59.0. The molecule has 0 saturated carbocycles. The zero-order chi connectivity index (χ0) is 68.2. The summed E-state index contributed by atoms with van der Waals surface area (Å²) in [5, 5.41) is 121. The number of amides is 1. The molecule has 0 aliphatic carbocycles. The number of allylic oxidation sites excluding steroid dienone is 3. The molecule has 3 saturated heterocycles. The van der Waals surface area contributed by atoms with Crippen molar-refractivity contribution >= 4 is 5.91 Å². The Morgan fingerprint density at radius 1 is 0.372 bits per heavy atom. The Morgan fingerprint density at radius 2 is 0.670 bits per heavy atom. The highest BCUT2D eigenvalue weighted by Crippen LogP contribution is 2.33. The van der Waals surface area contributed by atoms with E-state index in [2.05, 4.69) is 31.3 Å². The van der Waals surface area contributed by atoms with E-state index in [0.29, 0.717) is 6.42 Å². The van der Waals surface area contributed by atoms with Crippen LogP contribution in [0.15, 0.2) is 24.3 Å². The van der Waals surface area contributed by atoms with Crippen LogP contribution in [0.25, 0.3) is 0 Å². The molecule has 17 unspecified atom stereocenters. The molecule has 19 heteroatoms. The maximum atomic E-state index is 13.4. The molecular formula is C75H141NO18. The van der Waals surface area contributed by atoms with Gasteiger partial charge in [-0.2, -0.15) is 0 Å². The summed E-state index contributed by atoms with van der Waals surface area (Å²) in [7, 11) is 0. The summed E-state index contributed by atoms with van der Waals surface area (Å²) in [6.45, 7) is 1.77. The van der Waals surface area contributed by atoms with E-state index >= 15 is 0 Å². The van der Waals surface area contributed by atoms with Crippen LogP contribution in [-0.2, 0) is 33.2 Å². The van der Waals surface area contributed by atoms with E-state index in [1.807, 2.05) is 6.08 Å². The third-order valence-electron chi connectivity index (χ3n) is 19.5. The van der Waals surface area contributed by atoms with Gasteiger partial charge in [0.25, 0.3) is 0 Å². The van der Waals surface area contributed by atoms with E-state index in [9.17, 15) is 61.0 Å². The number of nitrogens with one attached hydrogen (secondary N) is 1. The monoisotopic (exact) mass is 1340 g/mol. The maximum absolute atomic E-state index is 13.4. The number of hydrogen-bond donors (Lipinski definition) is 12. The molecule has 1 amide bonds. The van der Waals surface area contributed by atoms with Crippen LogP contribution in [0, 0.1) is 0 Å². The zero-order valence-electron chi connectivity index (χ0n) is 59.0. The highest BCUT2D eigenvalue weighted by molar-refractivity contribution is 5.76. The highest BCUT2D eigenvalue weighted by atomic mass is 16.8. The lowest BCUT2D eigenvalue weighted by molar-refractivity contribution is -0.379. The van der Waals surface area contributed by atoms with Gasteiger partial charge in [0.05, 0.1) is 38.6 Å². The van der Waals surface area contributed by atoms with E-state index in [-0.39, 0.29) is 18.9 Å². The van der Waals surface area contributed by atoms with Crippen molar-refractivity contribution in [2.45, 2.75) is 420 Å². The van der Waals surface area contributed by atoms with Crippen LogP contribution >= 0.6 is 0 Å². The topological polar surface area (TPSA) is 307 Å². The summed E-state index contributed by atoms with van der Waals surface area (Å²) in [6, 6.07) is -0.974. The number of unbranched alkanes of at least 4 members (excludes halogenated alkanes) is 43. The normalized spacial score (nSPS) is 27.4. The minimum atomic E-state index is -1.98. The molecule has 554 valence electrons. The summed E-state index contributed by atoms with van der Waals surface area (Å²) in [6.07, 6.45) is 40.2. The minimum Gasteiger partial charge on any atom is -0.394 e. The Balaban J connectivity index is 1.39. The number of hydrogen-bond acceptors (Lipinski definition) is 18. The molecule has 0 aromatic heterocycles. The van der Waals surface area contributed by atoms with E-state index in [4.69, 9.17) is 28.4 Å².